The standard InChI is InChI=1S/C17H20N2OS/c20-16-8-14-6-7-15(9-16)19(14)10-13-11-21-17(18-13)12-4-2-1-3-5-12/h1-5,11,14-16,20H,6-10H2. The second-order valence-corrected chi connectivity index (χ2v) is 7.05. The normalized spacial score (nSPS) is 28.9. The van der Waals surface area contributed by atoms with Gasteiger partial charge in [0.25, 0.3) is 0 Å². The number of fused-ring (bicyclic) bond motifs is 2. The van der Waals surface area contributed by atoms with E-state index >= 15 is 0 Å². The molecule has 1 aromatic heterocycles. The van der Waals surface area contributed by atoms with Crippen molar-refractivity contribution in [3.05, 3.63) is 41.4 Å². The maximum Gasteiger partial charge on any atom is 0.123 e. The zero-order valence-corrected chi connectivity index (χ0v) is 12.8. The van der Waals surface area contributed by atoms with E-state index < -0.39 is 0 Å². The molecule has 2 aliphatic rings. The van der Waals surface area contributed by atoms with Gasteiger partial charge in [-0.1, -0.05) is 30.3 Å². The zero-order valence-electron chi connectivity index (χ0n) is 12.0. The van der Waals surface area contributed by atoms with E-state index in [1.54, 1.807) is 11.3 Å². The first-order valence-electron chi connectivity index (χ1n) is 7.73. The lowest BCUT2D eigenvalue weighted by Crippen LogP contribution is -2.44. The molecular weight excluding hydrogens is 280 g/mol. The summed E-state index contributed by atoms with van der Waals surface area (Å²) >= 11 is 1.73. The number of aromatic nitrogens is 1. The van der Waals surface area contributed by atoms with Gasteiger partial charge in [-0.15, -0.1) is 11.3 Å². The van der Waals surface area contributed by atoms with Crippen molar-refractivity contribution in [1.82, 2.24) is 9.88 Å². The SMILES string of the molecule is OC1CC2CCC(C1)N2Cc1csc(-c2ccccc2)n1. The number of piperidine rings is 1. The number of aliphatic hydroxyl groups is 1. The summed E-state index contributed by atoms with van der Waals surface area (Å²) < 4.78 is 0. The first-order chi connectivity index (χ1) is 10.3. The molecule has 2 aliphatic heterocycles. The van der Waals surface area contributed by atoms with E-state index in [-0.39, 0.29) is 6.10 Å². The van der Waals surface area contributed by atoms with Gasteiger partial charge in [-0.2, -0.15) is 0 Å². The lowest BCUT2D eigenvalue weighted by molar-refractivity contribution is 0.0305. The van der Waals surface area contributed by atoms with Gasteiger partial charge >= 0.3 is 0 Å². The zero-order chi connectivity index (χ0) is 14.2. The summed E-state index contributed by atoms with van der Waals surface area (Å²) in [5, 5.41) is 13.2. The molecule has 4 heteroatoms. The first kappa shape index (κ1) is 13.4. The number of hydrogen-bond acceptors (Lipinski definition) is 4. The summed E-state index contributed by atoms with van der Waals surface area (Å²) in [7, 11) is 0. The van der Waals surface area contributed by atoms with Crippen LogP contribution in [0.15, 0.2) is 35.7 Å². The van der Waals surface area contributed by atoms with Crippen LogP contribution in [0.3, 0.4) is 0 Å². The van der Waals surface area contributed by atoms with Gasteiger partial charge in [0, 0.05) is 29.6 Å². The van der Waals surface area contributed by atoms with Gasteiger partial charge in [-0.3, -0.25) is 4.90 Å². The number of thiazole rings is 1. The van der Waals surface area contributed by atoms with E-state index in [1.165, 1.54) is 24.1 Å². The summed E-state index contributed by atoms with van der Waals surface area (Å²) in [5.74, 6) is 0. The third kappa shape index (κ3) is 2.63. The number of aliphatic hydroxyl groups excluding tert-OH is 1. The minimum absolute atomic E-state index is 0.0888. The highest BCUT2D eigenvalue weighted by molar-refractivity contribution is 7.13. The van der Waals surface area contributed by atoms with Gasteiger partial charge in [0.05, 0.1) is 11.8 Å². The van der Waals surface area contributed by atoms with E-state index in [1.807, 2.05) is 6.07 Å². The molecule has 0 saturated carbocycles. The van der Waals surface area contributed by atoms with Crippen molar-refractivity contribution in [2.45, 2.75) is 50.4 Å². The molecule has 110 valence electrons. The molecule has 0 aliphatic carbocycles. The van der Waals surface area contributed by atoms with Crippen molar-refractivity contribution >= 4 is 11.3 Å². The number of benzene rings is 1. The molecule has 0 spiro atoms. The Morgan fingerprint density at radius 1 is 1.14 bits per heavy atom. The molecule has 4 rings (SSSR count). The highest BCUT2D eigenvalue weighted by Crippen LogP contribution is 2.37. The molecule has 2 unspecified atom stereocenters. The monoisotopic (exact) mass is 300 g/mol. The van der Waals surface area contributed by atoms with Crippen molar-refractivity contribution in [2.24, 2.45) is 0 Å². The Kier molecular flexibility index (Phi) is 3.53. The molecular formula is C17H20N2OS. The third-order valence-electron chi connectivity index (χ3n) is 4.78. The summed E-state index contributed by atoms with van der Waals surface area (Å²) in [6, 6.07) is 11.5. The van der Waals surface area contributed by atoms with Crippen LogP contribution in [0.1, 0.15) is 31.4 Å². The Labute approximate surface area is 129 Å². The van der Waals surface area contributed by atoms with E-state index in [0.29, 0.717) is 12.1 Å². The molecule has 1 N–H and O–H groups in total. The molecule has 2 fully saturated rings. The number of nitrogens with zero attached hydrogens (tertiary/aromatic N) is 2. The molecule has 0 radical (unpaired) electrons. The van der Waals surface area contributed by atoms with Crippen LogP contribution in [0.2, 0.25) is 0 Å². The Morgan fingerprint density at radius 2 is 1.86 bits per heavy atom. The fraction of sp³-hybridized carbons (Fsp3) is 0.471. The van der Waals surface area contributed by atoms with Crippen LogP contribution in [-0.2, 0) is 6.54 Å². The van der Waals surface area contributed by atoms with Crippen molar-refractivity contribution < 1.29 is 5.11 Å². The highest BCUT2D eigenvalue weighted by atomic mass is 32.1. The Morgan fingerprint density at radius 3 is 2.57 bits per heavy atom. The average molecular weight is 300 g/mol. The van der Waals surface area contributed by atoms with Gasteiger partial charge in [0.15, 0.2) is 0 Å². The van der Waals surface area contributed by atoms with Crippen LogP contribution >= 0.6 is 11.3 Å². The smallest absolute Gasteiger partial charge is 0.123 e. The average Bonchev–Trinajstić information content (AvgIpc) is 3.05. The maximum absolute atomic E-state index is 9.89. The predicted octanol–water partition coefficient (Wildman–Crippen LogP) is 3.30. The van der Waals surface area contributed by atoms with Crippen LogP contribution in [0.25, 0.3) is 10.6 Å². The molecule has 2 saturated heterocycles. The van der Waals surface area contributed by atoms with Crippen molar-refractivity contribution in [3.8, 4) is 10.6 Å². The summed E-state index contributed by atoms with van der Waals surface area (Å²) in [6.07, 6.45) is 4.25. The predicted molar refractivity (Wildman–Crippen MR) is 85.1 cm³/mol. The molecule has 2 bridgehead atoms. The number of rotatable bonds is 3. The maximum atomic E-state index is 9.89. The largest absolute Gasteiger partial charge is 0.393 e. The second-order valence-electron chi connectivity index (χ2n) is 6.19. The molecule has 3 nitrogen and oxygen atoms in total. The number of hydrogen-bond donors (Lipinski definition) is 1. The molecule has 0 amide bonds. The van der Waals surface area contributed by atoms with E-state index in [9.17, 15) is 5.11 Å². The van der Waals surface area contributed by atoms with Gasteiger partial charge < -0.3 is 5.11 Å². The first-order valence-corrected chi connectivity index (χ1v) is 8.61. The van der Waals surface area contributed by atoms with Crippen molar-refractivity contribution in [2.75, 3.05) is 0 Å². The van der Waals surface area contributed by atoms with Crippen LogP contribution < -0.4 is 0 Å². The van der Waals surface area contributed by atoms with Crippen LogP contribution in [0.5, 0.6) is 0 Å². The van der Waals surface area contributed by atoms with Gasteiger partial charge in [-0.25, -0.2) is 4.98 Å². The van der Waals surface area contributed by atoms with Gasteiger partial charge in [-0.05, 0) is 25.7 Å². The third-order valence-corrected chi connectivity index (χ3v) is 5.72. The van der Waals surface area contributed by atoms with E-state index in [0.717, 1.165) is 24.4 Å². The van der Waals surface area contributed by atoms with E-state index in [2.05, 4.69) is 34.5 Å². The summed E-state index contributed by atoms with van der Waals surface area (Å²) in [5.41, 5.74) is 2.37. The van der Waals surface area contributed by atoms with Crippen LogP contribution in [-0.4, -0.2) is 33.2 Å². The minimum atomic E-state index is -0.0888. The lowest BCUT2D eigenvalue weighted by Gasteiger charge is -2.36. The molecule has 3 heterocycles. The van der Waals surface area contributed by atoms with Crippen molar-refractivity contribution in [1.29, 1.82) is 0 Å². The molecule has 21 heavy (non-hydrogen) atoms. The summed E-state index contributed by atoms with van der Waals surface area (Å²) in [4.78, 5) is 7.37. The van der Waals surface area contributed by atoms with Crippen LogP contribution in [0, 0.1) is 0 Å². The van der Waals surface area contributed by atoms with Gasteiger partial charge in [0.1, 0.15) is 5.01 Å². The lowest BCUT2D eigenvalue weighted by atomic mass is 10.00. The Hall–Kier alpha value is -1.23. The molecule has 1 aromatic carbocycles. The van der Waals surface area contributed by atoms with Crippen LogP contribution in [0.4, 0.5) is 0 Å². The summed E-state index contributed by atoms with van der Waals surface area (Å²) in [6.45, 7) is 0.936. The van der Waals surface area contributed by atoms with Gasteiger partial charge in [0.2, 0.25) is 0 Å². The minimum Gasteiger partial charge on any atom is -0.393 e. The topological polar surface area (TPSA) is 36.4 Å². The fourth-order valence-electron chi connectivity index (χ4n) is 3.78. The Balaban J connectivity index is 1.50. The van der Waals surface area contributed by atoms with E-state index in [4.69, 9.17) is 4.98 Å². The fourth-order valence-corrected chi connectivity index (χ4v) is 4.60. The van der Waals surface area contributed by atoms with Crippen molar-refractivity contribution in [3.63, 3.8) is 0 Å². The second kappa shape index (κ2) is 5.52. The molecule has 2 atom stereocenters. The quantitative estimate of drug-likeness (QED) is 0.945. The molecule has 2 aromatic rings. The Bertz CT molecular complexity index is 598. The highest BCUT2D eigenvalue weighted by Gasteiger charge is 2.40.